The van der Waals surface area contributed by atoms with Crippen molar-refractivity contribution in [1.82, 2.24) is 14.9 Å². The molecule has 0 amide bonds. The molecule has 90 valence electrons. The number of nitrogens with zero attached hydrogens (tertiary/aromatic N) is 2. The Hall–Kier alpha value is -1.35. The van der Waals surface area contributed by atoms with Gasteiger partial charge in [0.25, 0.3) is 0 Å². The molecule has 0 spiro atoms. The number of nitrogens with one attached hydrogen (secondary N) is 1. The molecule has 0 aliphatic heterocycles. The van der Waals surface area contributed by atoms with Crippen LogP contribution in [0.25, 0.3) is 11.0 Å². The number of benzene rings is 1. The van der Waals surface area contributed by atoms with Gasteiger partial charge in [-0.25, -0.2) is 4.98 Å². The minimum Gasteiger partial charge on any atom is -0.325 e. The summed E-state index contributed by atoms with van der Waals surface area (Å²) < 4.78 is 2.39. The minimum atomic E-state index is 0.380. The van der Waals surface area contributed by atoms with Gasteiger partial charge in [0.2, 0.25) is 0 Å². The lowest BCUT2D eigenvalue weighted by atomic mass is 10.1. The van der Waals surface area contributed by atoms with Crippen molar-refractivity contribution >= 4 is 11.0 Å². The molecule has 1 unspecified atom stereocenters. The molecule has 1 aromatic heterocycles. The Labute approximate surface area is 102 Å². The Kier molecular flexibility index (Phi) is 2.44. The second-order valence-corrected chi connectivity index (χ2v) is 5.02. The van der Waals surface area contributed by atoms with Crippen molar-refractivity contribution in [2.24, 2.45) is 0 Å². The Balaban J connectivity index is 2.12. The van der Waals surface area contributed by atoms with Crippen LogP contribution in [0.3, 0.4) is 0 Å². The van der Waals surface area contributed by atoms with Crippen molar-refractivity contribution in [2.45, 2.75) is 38.8 Å². The van der Waals surface area contributed by atoms with E-state index in [0.717, 1.165) is 11.3 Å². The third-order valence-corrected chi connectivity index (χ3v) is 3.73. The second kappa shape index (κ2) is 3.84. The first-order valence-electron chi connectivity index (χ1n) is 6.36. The fourth-order valence-corrected chi connectivity index (χ4v) is 2.47. The Morgan fingerprint density at radius 1 is 1.41 bits per heavy atom. The summed E-state index contributed by atoms with van der Waals surface area (Å²) in [4.78, 5) is 4.69. The molecule has 1 aliphatic carbocycles. The van der Waals surface area contributed by atoms with Gasteiger partial charge in [0.05, 0.1) is 11.0 Å². The molecule has 3 rings (SSSR count). The average molecular weight is 229 g/mol. The van der Waals surface area contributed by atoms with E-state index in [2.05, 4.69) is 46.9 Å². The van der Waals surface area contributed by atoms with E-state index in [4.69, 9.17) is 0 Å². The van der Waals surface area contributed by atoms with Crippen molar-refractivity contribution in [3.63, 3.8) is 0 Å². The van der Waals surface area contributed by atoms with Gasteiger partial charge in [-0.1, -0.05) is 6.07 Å². The normalized spacial score (nSPS) is 17.6. The van der Waals surface area contributed by atoms with E-state index in [1.165, 1.54) is 23.9 Å². The summed E-state index contributed by atoms with van der Waals surface area (Å²) in [6, 6.07) is 7.72. The molecule has 0 radical (unpaired) electrons. The third-order valence-electron chi connectivity index (χ3n) is 3.73. The highest BCUT2D eigenvalue weighted by atomic mass is 15.1. The Morgan fingerprint density at radius 3 is 2.82 bits per heavy atom. The molecular weight excluding hydrogens is 210 g/mol. The van der Waals surface area contributed by atoms with Gasteiger partial charge in [0.1, 0.15) is 5.82 Å². The highest BCUT2D eigenvalue weighted by Gasteiger charge is 2.26. The predicted molar refractivity (Wildman–Crippen MR) is 70.2 cm³/mol. The summed E-state index contributed by atoms with van der Waals surface area (Å²) in [5.41, 5.74) is 3.73. The van der Waals surface area contributed by atoms with Crippen molar-refractivity contribution < 1.29 is 0 Å². The summed E-state index contributed by atoms with van der Waals surface area (Å²) in [6.07, 6.45) is 2.61. The second-order valence-electron chi connectivity index (χ2n) is 5.02. The topological polar surface area (TPSA) is 29.9 Å². The third kappa shape index (κ3) is 1.75. The molecule has 0 bridgehead atoms. The summed E-state index contributed by atoms with van der Waals surface area (Å²) in [5.74, 6) is 1.15. The van der Waals surface area contributed by atoms with Gasteiger partial charge < -0.3 is 9.88 Å². The Bertz CT molecular complexity index is 552. The fourth-order valence-electron chi connectivity index (χ4n) is 2.47. The smallest absolute Gasteiger partial charge is 0.106 e. The zero-order chi connectivity index (χ0) is 12.0. The number of imidazole rings is 1. The van der Waals surface area contributed by atoms with Gasteiger partial charge in [-0.15, -0.1) is 0 Å². The molecule has 1 atom stereocenters. The van der Waals surface area contributed by atoms with Crippen LogP contribution >= 0.6 is 0 Å². The van der Waals surface area contributed by atoms with E-state index in [1.54, 1.807) is 0 Å². The number of fused-ring (bicyclic) bond motifs is 1. The zero-order valence-electron chi connectivity index (χ0n) is 10.7. The molecule has 1 aliphatic rings. The maximum Gasteiger partial charge on any atom is 0.106 e. The maximum atomic E-state index is 4.69. The van der Waals surface area contributed by atoms with Crippen LogP contribution in [0.15, 0.2) is 18.2 Å². The van der Waals surface area contributed by atoms with Gasteiger partial charge in [0, 0.05) is 12.1 Å². The van der Waals surface area contributed by atoms with Crippen LogP contribution in [-0.2, 0) is 0 Å². The molecule has 1 saturated carbocycles. The maximum absolute atomic E-state index is 4.69. The van der Waals surface area contributed by atoms with Gasteiger partial charge in [-0.05, 0) is 51.4 Å². The van der Waals surface area contributed by atoms with Crippen molar-refractivity contribution in [3.8, 4) is 0 Å². The number of aryl methyl sites for hydroxylation is 1. The average Bonchev–Trinajstić information content (AvgIpc) is 3.10. The van der Waals surface area contributed by atoms with Gasteiger partial charge in [-0.3, -0.25) is 0 Å². The highest BCUT2D eigenvalue weighted by molar-refractivity contribution is 5.77. The predicted octanol–water partition coefficient (Wildman–Crippen LogP) is 2.96. The molecule has 1 N–H and O–H groups in total. The van der Waals surface area contributed by atoms with E-state index in [9.17, 15) is 0 Å². The molecule has 0 saturated heterocycles. The number of rotatable bonds is 3. The lowest BCUT2D eigenvalue weighted by molar-refractivity contribution is 0.653. The molecule has 1 fully saturated rings. The van der Waals surface area contributed by atoms with Crippen molar-refractivity contribution in [3.05, 3.63) is 29.6 Å². The SMILES string of the molecule is CNC(C)c1ccc2c(c1)nc(C)n2C1CC1. The molecule has 2 aromatic rings. The van der Waals surface area contributed by atoms with Crippen molar-refractivity contribution in [2.75, 3.05) is 7.05 Å². The number of aromatic nitrogens is 2. The standard InChI is InChI=1S/C14H19N3/c1-9(15-3)11-4-7-14-13(8-11)16-10(2)17(14)12-5-6-12/h4,7-9,12,15H,5-6H2,1-3H3. The quantitative estimate of drug-likeness (QED) is 0.877. The lowest BCUT2D eigenvalue weighted by Crippen LogP contribution is -2.12. The van der Waals surface area contributed by atoms with Crippen molar-refractivity contribution in [1.29, 1.82) is 0 Å². The minimum absolute atomic E-state index is 0.380. The highest BCUT2D eigenvalue weighted by Crippen LogP contribution is 2.38. The summed E-state index contributed by atoms with van der Waals surface area (Å²) >= 11 is 0. The van der Waals surface area contributed by atoms with Crippen LogP contribution in [0, 0.1) is 6.92 Å². The monoisotopic (exact) mass is 229 g/mol. The molecule has 3 heteroatoms. The van der Waals surface area contributed by atoms with E-state index in [-0.39, 0.29) is 0 Å². The zero-order valence-corrected chi connectivity index (χ0v) is 10.7. The molecule has 1 aromatic carbocycles. The molecule has 1 heterocycles. The lowest BCUT2D eigenvalue weighted by Gasteiger charge is -2.10. The fraction of sp³-hybridized carbons (Fsp3) is 0.500. The van der Waals surface area contributed by atoms with Gasteiger partial charge in [0.15, 0.2) is 0 Å². The summed E-state index contributed by atoms with van der Waals surface area (Å²) in [6.45, 7) is 4.28. The van der Waals surface area contributed by atoms with Crippen LogP contribution in [-0.4, -0.2) is 16.6 Å². The van der Waals surface area contributed by atoms with E-state index >= 15 is 0 Å². The van der Waals surface area contributed by atoms with E-state index in [1.807, 2.05) is 7.05 Å². The molecule has 3 nitrogen and oxygen atoms in total. The molecular formula is C14H19N3. The van der Waals surface area contributed by atoms with Gasteiger partial charge >= 0.3 is 0 Å². The van der Waals surface area contributed by atoms with E-state index in [0.29, 0.717) is 12.1 Å². The number of hydrogen-bond acceptors (Lipinski definition) is 2. The first kappa shape index (κ1) is 10.8. The van der Waals surface area contributed by atoms with Gasteiger partial charge in [-0.2, -0.15) is 0 Å². The summed E-state index contributed by atoms with van der Waals surface area (Å²) in [5, 5.41) is 3.27. The van der Waals surface area contributed by atoms with Crippen LogP contribution in [0.2, 0.25) is 0 Å². The first-order chi connectivity index (χ1) is 8.20. The Morgan fingerprint density at radius 2 is 2.18 bits per heavy atom. The van der Waals surface area contributed by atoms with Crippen LogP contribution in [0.1, 0.15) is 43.2 Å². The van der Waals surface area contributed by atoms with Crippen LogP contribution < -0.4 is 5.32 Å². The largest absolute Gasteiger partial charge is 0.325 e. The molecule has 17 heavy (non-hydrogen) atoms. The summed E-state index contributed by atoms with van der Waals surface area (Å²) in [7, 11) is 1.99. The van der Waals surface area contributed by atoms with E-state index < -0.39 is 0 Å². The van der Waals surface area contributed by atoms with Crippen LogP contribution in [0.5, 0.6) is 0 Å². The number of hydrogen-bond donors (Lipinski definition) is 1. The first-order valence-corrected chi connectivity index (χ1v) is 6.36. The van der Waals surface area contributed by atoms with Crippen LogP contribution in [0.4, 0.5) is 0 Å².